The molecule has 9 N–H and O–H groups in total. The maximum atomic E-state index is 13.3. The van der Waals surface area contributed by atoms with E-state index in [-0.39, 0.29) is 12.5 Å². The van der Waals surface area contributed by atoms with Gasteiger partial charge in [0.2, 0.25) is 5.91 Å². The second kappa shape index (κ2) is 58.7. The van der Waals surface area contributed by atoms with E-state index in [4.69, 9.17) is 18.9 Å². The lowest BCUT2D eigenvalue weighted by atomic mass is 9.97. The molecule has 514 valence electrons. The second-order valence-corrected chi connectivity index (χ2v) is 25.0. The van der Waals surface area contributed by atoms with Gasteiger partial charge in [-0.05, 0) is 77.0 Å². The largest absolute Gasteiger partial charge is 0.394 e. The first-order valence-corrected chi connectivity index (χ1v) is 36.0. The summed E-state index contributed by atoms with van der Waals surface area (Å²) in [6.07, 6.45) is 65.8. The van der Waals surface area contributed by atoms with Gasteiger partial charge >= 0.3 is 0 Å². The third kappa shape index (κ3) is 42.7. The average Bonchev–Trinajstić information content (AvgIpc) is 2.74. The second-order valence-electron chi connectivity index (χ2n) is 25.0. The summed E-state index contributed by atoms with van der Waals surface area (Å²) in [6.45, 7) is 2.76. The van der Waals surface area contributed by atoms with Crippen LogP contribution in [0.5, 0.6) is 0 Å². The maximum absolute atomic E-state index is 13.3. The highest BCUT2D eigenvalue weighted by atomic mass is 16.7. The lowest BCUT2D eigenvalue weighted by Crippen LogP contribution is -2.65. The van der Waals surface area contributed by atoms with Gasteiger partial charge in [0.25, 0.3) is 0 Å². The van der Waals surface area contributed by atoms with Crippen LogP contribution in [0.3, 0.4) is 0 Å². The molecular weight excluding hydrogens is 1120 g/mol. The number of amides is 1. The van der Waals surface area contributed by atoms with Crippen molar-refractivity contribution in [3.63, 3.8) is 0 Å². The van der Waals surface area contributed by atoms with Gasteiger partial charge in [-0.2, -0.15) is 0 Å². The molecule has 0 radical (unpaired) electrons. The highest BCUT2D eigenvalue weighted by molar-refractivity contribution is 5.76. The van der Waals surface area contributed by atoms with Crippen LogP contribution >= 0.6 is 0 Å². The molecule has 0 saturated carbocycles. The molecule has 14 heteroatoms. The maximum Gasteiger partial charge on any atom is 0.220 e. The Morgan fingerprint density at radius 3 is 1.19 bits per heavy atom. The van der Waals surface area contributed by atoms with E-state index in [2.05, 4.69) is 116 Å². The van der Waals surface area contributed by atoms with E-state index in [9.17, 15) is 45.6 Å². The number of carbonyl (C=O) groups excluding carboxylic acids is 1. The number of unbranched alkanes of at least 4 members (excludes halogenated alkanes) is 29. The minimum atomic E-state index is -1.78. The summed E-state index contributed by atoms with van der Waals surface area (Å²) in [5.74, 6) is -0.207. The summed E-state index contributed by atoms with van der Waals surface area (Å²) in [5.41, 5.74) is 0. The van der Waals surface area contributed by atoms with E-state index in [1.807, 2.05) is 0 Å². The lowest BCUT2D eigenvalue weighted by molar-refractivity contribution is -0.359. The number of ether oxygens (including phenoxy) is 4. The van der Waals surface area contributed by atoms with E-state index in [0.29, 0.717) is 12.8 Å². The van der Waals surface area contributed by atoms with Crippen LogP contribution < -0.4 is 5.32 Å². The summed E-state index contributed by atoms with van der Waals surface area (Å²) in [6, 6.07) is -0.832. The Balaban J connectivity index is 1.57. The highest BCUT2D eigenvalue weighted by Gasteiger charge is 2.51. The van der Waals surface area contributed by atoms with Gasteiger partial charge in [0, 0.05) is 6.42 Å². The zero-order valence-electron chi connectivity index (χ0n) is 55.9. The molecule has 0 aromatic carbocycles. The van der Waals surface area contributed by atoms with Crippen molar-refractivity contribution in [2.24, 2.45) is 0 Å². The Kier molecular flexibility index (Phi) is 54.1. The number of carbonyl (C=O) groups is 1. The molecule has 2 rings (SSSR count). The number of aliphatic hydroxyl groups is 8. The van der Waals surface area contributed by atoms with Crippen LogP contribution in [-0.4, -0.2) is 140 Å². The van der Waals surface area contributed by atoms with Crippen molar-refractivity contribution < 1.29 is 64.6 Å². The van der Waals surface area contributed by atoms with Gasteiger partial charge < -0.3 is 65.1 Å². The minimum absolute atomic E-state index is 0.207. The predicted octanol–water partition coefficient (Wildman–Crippen LogP) is 15.0. The first kappa shape index (κ1) is 82.0. The number of rotatable bonds is 58. The van der Waals surface area contributed by atoms with Gasteiger partial charge in [-0.3, -0.25) is 4.79 Å². The number of allylic oxidation sites excluding steroid dienone is 16. The molecule has 14 nitrogen and oxygen atoms in total. The molecule has 0 bridgehead atoms. The highest BCUT2D eigenvalue weighted by Crippen LogP contribution is 2.30. The smallest absolute Gasteiger partial charge is 0.220 e. The number of hydrogen-bond donors (Lipinski definition) is 9. The molecule has 2 saturated heterocycles. The van der Waals surface area contributed by atoms with E-state index in [1.54, 1.807) is 0 Å². The molecule has 2 fully saturated rings. The quantitative estimate of drug-likeness (QED) is 0.0204. The summed E-state index contributed by atoms with van der Waals surface area (Å²) in [4.78, 5) is 13.3. The molecule has 2 aliphatic rings. The molecule has 0 aromatic rings. The van der Waals surface area contributed by atoms with Crippen LogP contribution in [0.25, 0.3) is 0 Å². The third-order valence-electron chi connectivity index (χ3n) is 17.1. The van der Waals surface area contributed by atoms with E-state index < -0.39 is 86.8 Å². The molecule has 2 heterocycles. The zero-order valence-corrected chi connectivity index (χ0v) is 55.9. The molecule has 0 spiro atoms. The van der Waals surface area contributed by atoms with Crippen LogP contribution in [0.15, 0.2) is 97.2 Å². The van der Waals surface area contributed by atoms with Gasteiger partial charge in [-0.25, -0.2) is 0 Å². The minimum Gasteiger partial charge on any atom is -0.394 e. The fourth-order valence-corrected chi connectivity index (χ4v) is 11.4. The molecule has 1 amide bonds. The van der Waals surface area contributed by atoms with E-state index in [0.717, 1.165) is 103 Å². The van der Waals surface area contributed by atoms with Crippen LogP contribution in [0, 0.1) is 0 Å². The predicted molar refractivity (Wildman–Crippen MR) is 364 cm³/mol. The summed E-state index contributed by atoms with van der Waals surface area (Å²) in [7, 11) is 0. The van der Waals surface area contributed by atoms with Crippen molar-refractivity contribution in [3.05, 3.63) is 97.2 Å². The normalized spacial score (nSPS) is 23.6. The Morgan fingerprint density at radius 1 is 0.416 bits per heavy atom. The van der Waals surface area contributed by atoms with E-state index >= 15 is 0 Å². The van der Waals surface area contributed by atoms with Gasteiger partial charge in [-0.1, -0.05) is 291 Å². The Morgan fingerprint density at radius 2 is 0.775 bits per heavy atom. The average molecular weight is 1250 g/mol. The molecular formula is C75H131NO13. The zero-order chi connectivity index (χ0) is 64.5. The van der Waals surface area contributed by atoms with Crippen molar-refractivity contribution >= 4 is 5.91 Å². The SMILES string of the molecule is CC/C=C\C/C=C\C/C=C\C/C=C\C/C=C\C/C=C\C/C=C\C/C=C\CCCCCCCCCCCCCCCCCCC(=O)NC(COC1OC(CO)C(OC2OC(CO)C(O)C(O)C2O)C(O)C1O)C(O)CCCCCCCCCCCCCCCC. The molecule has 89 heavy (non-hydrogen) atoms. The van der Waals surface area contributed by atoms with Crippen LogP contribution in [0.4, 0.5) is 0 Å². The van der Waals surface area contributed by atoms with Crippen molar-refractivity contribution in [2.45, 2.75) is 351 Å². The van der Waals surface area contributed by atoms with Gasteiger partial charge in [0.1, 0.15) is 48.8 Å². The van der Waals surface area contributed by atoms with Crippen molar-refractivity contribution in [1.82, 2.24) is 5.32 Å². The molecule has 12 atom stereocenters. The first-order chi connectivity index (χ1) is 43.6. The first-order valence-electron chi connectivity index (χ1n) is 36.0. The molecule has 0 aliphatic carbocycles. The third-order valence-corrected chi connectivity index (χ3v) is 17.1. The fourth-order valence-electron chi connectivity index (χ4n) is 11.4. The lowest BCUT2D eigenvalue weighted by Gasteiger charge is -2.46. The number of hydrogen-bond acceptors (Lipinski definition) is 13. The molecule has 0 aromatic heterocycles. The van der Waals surface area contributed by atoms with Crippen molar-refractivity contribution in [1.29, 1.82) is 0 Å². The van der Waals surface area contributed by atoms with Crippen molar-refractivity contribution in [3.8, 4) is 0 Å². The standard InChI is InChI=1S/C75H131NO13/c1-3-5-7-9-11-13-15-17-19-20-21-22-23-24-25-26-27-28-29-30-31-32-33-34-35-36-37-38-39-40-41-42-43-44-45-47-49-51-53-55-57-59-67(80)76-63(64(79)58-56-54-52-50-48-46-18-16-14-12-10-8-6-4-2)62-86-74-72(85)70(83)73(66(61-78)88-74)89-75-71(84)69(82)68(81)65(60-77)87-75/h5,7,11,13,17,19,21-22,24-25,27-28,30-31,33-34,63-66,68-75,77-79,81-85H,3-4,6,8-10,12,14-16,18,20,23,26,29,32,35-62H2,1-2H3,(H,76,80)/b7-5-,13-11-,19-17-,22-21-,25-24-,28-27-,31-30-,34-33-. The van der Waals surface area contributed by atoms with Crippen LogP contribution in [0.2, 0.25) is 0 Å². The molecule has 2 aliphatic heterocycles. The van der Waals surface area contributed by atoms with Gasteiger partial charge in [-0.15, -0.1) is 0 Å². The summed E-state index contributed by atoms with van der Waals surface area (Å²) >= 11 is 0. The number of nitrogens with one attached hydrogen (secondary N) is 1. The monoisotopic (exact) mass is 1250 g/mol. The topological polar surface area (TPSA) is 228 Å². The number of aliphatic hydroxyl groups excluding tert-OH is 8. The van der Waals surface area contributed by atoms with Gasteiger partial charge in [0.05, 0.1) is 32.0 Å². The van der Waals surface area contributed by atoms with Crippen molar-refractivity contribution in [2.75, 3.05) is 19.8 Å². The Bertz CT molecular complexity index is 1860. The summed E-state index contributed by atoms with van der Waals surface area (Å²) in [5, 5.41) is 87.5. The van der Waals surface area contributed by atoms with Gasteiger partial charge in [0.15, 0.2) is 12.6 Å². The van der Waals surface area contributed by atoms with Crippen LogP contribution in [0.1, 0.15) is 277 Å². The Labute approximate surface area is 541 Å². The summed E-state index contributed by atoms with van der Waals surface area (Å²) < 4.78 is 22.9. The van der Waals surface area contributed by atoms with E-state index in [1.165, 1.54) is 148 Å². The Hall–Kier alpha value is -3.09. The fraction of sp³-hybridized carbons (Fsp3) is 0.773. The molecule has 12 unspecified atom stereocenters. The van der Waals surface area contributed by atoms with Crippen LogP contribution in [-0.2, 0) is 23.7 Å².